The van der Waals surface area contributed by atoms with E-state index in [1.165, 1.54) is 0 Å². The van der Waals surface area contributed by atoms with E-state index in [4.69, 9.17) is 0 Å². The van der Waals surface area contributed by atoms with Crippen molar-refractivity contribution in [3.05, 3.63) is 0 Å². The summed E-state index contributed by atoms with van der Waals surface area (Å²) >= 11 is 0. The third-order valence-corrected chi connectivity index (χ3v) is 3.37. The highest BCUT2D eigenvalue weighted by Crippen LogP contribution is 2.11. The Morgan fingerprint density at radius 2 is 1.70 bits per heavy atom. The number of hydrogen-bond donors (Lipinski definition) is 1. The van der Waals surface area contributed by atoms with Gasteiger partial charge in [0, 0.05) is 25.9 Å². The molecule has 1 aliphatic heterocycles. The first-order chi connectivity index (χ1) is 11.0. The van der Waals surface area contributed by atoms with Gasteiger partial charge in [0.05, 0.1) is 6.61 Å². The molecule has 1 fully saturated rings. The van der Waals surface area contributed by atoms with E-state index in [0.29, 0.717) is 6.42 Å². The maximum atomic E-state index is 11.9. The zero-order valence-corrected chi connectivity index (χ0v) is 13.5. The van der Waals surface area contributed by atoms with Gasteiger partial charge in [-0.25, -0.2) is 4.79 Å². The number of nitrogens with zero attached hydrogens (tertiary/aromatic N) is 1. The summed E-state index contributed by atoms with van der Waals surface area (Å²) in [4.78, 5) is 52.0. The van der Waals surface area contributed by atoms with Crippen LogP contribution in [0.5, 0.6) is 0 Å². The third-order valence-electron chi connectivity index (χ3n) is 3.37. The fourth-order valence-electron chi connectivity index (χ4n) is 2.23. The van der Waals surface area contributed by atoms with Crippen molar-refractivity contribution >= 4 is 23.8 Å². The van der Waals surface area contributed by atoms with Crippen molar-refractivity contribution in [2.75, 3.05) is 19.7 Å². The molecule has 0 atom stereocenters. The van der Waals surface area contributed by atoms with Gasteiger partial charge < -0.3 is 14.5 Å². The molecule has 0 unspecified atom stereocenters. The quantitative estimate of drug-likeness (QED) is 0.419. The molecule has 23 heavy (non-hydrogen) atoms. The number of likely N-dealkylation sites (tertiary alicyclic amines) is 1. The summed E-state index contributed by atoms with van der Waals surface area (Å²) in [5.74, 6) is -2.04. The van der Waals surface area contributed by atoms with Crippen LogP contribution in [-0.2, 0) is 28.8 Å². The van der Waals surface area contributed by atoms with Crippen LogP contribution in [0.25, 0.3) is 0 Å². The smallest absolute Gasteiger partial charge is 0.332 e. The van der Waals surface area contributed by atoms with Crippen LogP contribution in [-0.4, -0.2) is 48.3 Å². The van der Waals surface area contributed by atoms with Crippen molar-refractivity contribution < 1.29 is 28.8 Å². The summed E-state index contributed by atoms with van der Waals surface area (Å²) in [5.41, 5.74) is 1.89. The second-order valence-electron chi connectivity index (χ2n) is 5.28. The molecule has 8 heteroatoms. The minimum atomic E-state index is -0.749. The molecule has 0 aromatic carbocycles. The molecule has 0 bridgehead atoms. The average molecular weight is 328 g/mol. The van der Waals surface area contributed by atoms with Gasteiger partial charge in [0.15, 0.2) is 0 Å². The van der Waals surface area contributed by atoms with Crippen molar-refractivity contribution in [2.45, 2.75) is 51.9 Å². The molecule has 0 spiro atoms. The number of carbonyl (C=O) groups excluding carboxylic acids is 4. The third kappa shape index (κ3) is 8.18. The number of nitrogens with one attached hydrogen (secondary N) is 1. The van der Waals surface area contributed by atoms with Crippen LogP contribution in [0.4, 0.5) is 0 Å². The molecule has 130 valence electrons. The first-order valence-corrected chi connectivity index (χ1v) is 7.94. The van der Waals surface area contributed by atoms with Crippen molar-refractivity contribution in [3.63, 3.8) is 0 Å². The highest BCUT2D eigenvalue weighted by molar-refractivity contribution is 5.94. The Labute approximate surface area is 135 Å². The molecular weight excluding hydrogens is 304 g/mol. The summed E-state index contributed by atoms with van der Waals surface area (Å²) in [6.07, 6.45) is 3.38. The number of piperidine rings is 1. The largest absolute Gasteiger partial charge is 0.466 e. The molecule has 1 N–H and O–H groups in total. The van der Waals surface area contributed by atoms with Crippen LogP contribution < -0.4 is 5.48 Å². The predicted molar refractivity (Wildman–Crippen MR) is 79.8 cm³/mol. The van der Waals surface area contributed by atoms with Crippen LogP contribution >= 0.6 is 0 Å². The molecule has 1 aliphatic rings. The number of rotatable bonds is 7. The summed E-state index contributed by atoms with van der Waals surface area (Å²) in [5, 5.41) is 0. The van der Waals surface area contributed by atoms with E-state index in [1.54, 1.807) is 6.92 Å². The van der Waals surface area contributed by atoms with Crippen LogP contribution in [0.2, 0.25) is 0 Å². The molecule has 1 rings (SSSR count). The molecule has 8 nitrogen and oxygen atoms in total. The van der Waals surface area contributed by atoms with E-state index in [2.05, 4.69) is 9.57 Å². The molecule has 0 aliphatic carbocycles. The lowest BCUT2D eigenvalue weighted by Crippen LogP contribution is -2.35. The standard InChI is InChI=1S/C15H24N2O6/c1-2-22-15(21)11-12(18)16-23-14(20)8-6-7-13(19)17-9-4-3-5-10-17/h2-11H2,1H3,(H,16,18). The number of carbonyl (C=O) groups is 4. The number of esters is 1. The van der Waals surface area contributed by atoms with E-state index in [1.807, 2.05) is 10.4 Å². The minimum absolute atomic E-state index is 0.0271. The van der Waals surface area contributed by atoms with Gasteiger partial charge in [-0.15, -0.1) is 0 Å². The van der Waals surface area contributed by atoms with E-state index in [9.17, 15) is 19.2 Å². The fourth-order valence-corrected chi connectivity index (χ4v) is 2.23. The van der Waals surface area contributed by atoms with Crippen molar-refractivity contribution in [2.24, 2.45) is 0 Å². The van der Waals surface area contributed by atoms with Gasteiger partial charge in [-0.2, -0.15) is 5.48 Å². The Hall–Kier alpha value is -2.12. The Bertz CT molecular complexity index is 432. The van der Waals surface area contributed by atoms with Crippen LogP contribution in [0.15, 0.2) is 0 Å². The maximum absolute atomic E-state index is 11.9. The van der Waals surface area contributed by atoms with Gasteiger partial charge in [0.1, 0.15) is 6.42 Å². The molecule has 1 saturated heterocycles. The number of amides is 2. The number of ether oxygens (including phenoxy) is 1. The Morgan fingerprint density at radius 1 is 1.00 bits per heavy atom. The zero-order chi connectivity index (χ0) is 17.1. The molecule has 0 aromatic heterocycles. The Kier molecular flexibility index (Phi) is 8.71. The van der Waals surface area contributed by atoms with Gasteiger partial charge in [-0.3, -0.25) is 14.4 Å². The average Bonchev–Trinajstić information content (AvgIpc) is 2.54. The predicted octanol–water partition coefficient (Wildman–Crippen LogP) is 0.697. The first kappa shape index (κ1) is 18.9. The molecule has 0 radical (unpaired) electrons. The van der Waals surface area contributed by atoms with Gasteiger partial charge in [0.25, 0.3) is 5.91 Å². The van der Waals surface area contributed by atoms with E-state index in [0.717, 1.165) is 32.4 Å². The topological polar surface area (TPSA) is 102 Å². The molecule has 1 heterocycles. The van der Waals surface area contributed by atoms with Crippen LogP contribution in [0.1, 0.15) is 51.9 Å². The fraction of sp³-hybridized carbons (Fsp3) is 0.733. The lowest BCUT2D eigenvalue weighted by Gasteiger charge is -2.26. The lowest BCUT2D eigenvalue weighted by molar-refractivity contribution is -0.161. The van der Waals surface area contributed by atoms with Gasteiger partial charge in [-0.05, 0) is 32.6 Å². The summed E-state index contributed by atoms with van der Waals surface area (Å²) in [6.45, 7) is 3.37. The SMILES string of the molecule is CCOC(=O)CC(=O)NOC(=O)CCCC(=O)N1CCCCC1. The first-order valence-electron chi connectivity index (χ1n) is 7.94. The summed E-state index contributed by atoms with van der Waals surface area (Å²) < 4.78 is 4.59. The van der Waals surface area contributed by atoms with Crippen LogP contribution in [0, 0.1) is 0 Å². The second kappa shape index (κ2) is 10.6. The molecule has 0 aromatic rings. The van der Waals surface area contributed by atoms with Crippen molar-refractivity contribution in [3.8, 4) is 0 Å². The van der Waals surface area contributed by atoms with Crippen LogP contribution in [0.3, 0.4) is 0 Å². The second-order valence-corrected chi connectivity index (χ2v) is 5.28. The zero-order valence-electron chi connectivity index (χ0n) is 13.5. The van der Waals surface area contributed by atoms with E-state index >= 15 is 0 Å². The highest BCUT2D eigenvalue weighted by atomic mass is 16.7. The Morgan fingerprint density at radius 3 is 2.35 bits per heavy atom. The van der Waals surface area contributed by atoms with E-state index < -0.39 is 24.3 Å². The molecule has 2 amide bonds. The van der Waals surface area contributed by atoms with Gasteiger partial charge >= 0.3 is 11.9 Å². The monoisotopic (exact) mass is 328 g/mol. The van der Waals surface area contributed by atoms with Gasteiger partial charge in [0.2, 0.25) is 5.91 Å². The molecule has 0 saturated carbocycles. The van der Waals surface area contributed by atoms with Crippen molar-refractivity contribution in [1.29, 1.82) is 0 Å². The van der Waals surface area contributed by atoms with E-state index in [-0.39, 0.29) is 25.4 Å². The summed E-state index contributed by atoms with van der Waals surface area (Å²) in [6, 6.07) is 0. The molecular formula is C15H24N2O6. The highest BCUT2D eigenvalue weighted by Gasteiger charge is 2.17. The van der Waals surface area contributed by atoms with Crippen molar-refractivity contribution in [1.82, 2.24) is 10.4 Å². The Balaban J connectivity index is 2.10. The minimum Gasteiger partial charge on any atom is -0.466 e. The maximum Gasteiger partial charge on any atom is 0.332 e. The van der Waals surface area contributed by atoms with Gasteiger partial charge in [-0.1, -0.05) is 0 Å². The number of hydrogen-bond acceptors (Lipinski definition) is 6. The summed E-state index contributed by atoms with van der Waals surface area (Å²) in [7, 11) is 0. The number of hydroxylamine groups is 1. The lowest BCUT2D eigenvalue weighted by atomic mass is 10.1. The normalized spacial score (nSPS) is 14.0.